The average Bonchev–Trinajstić information content (AvgIpc) is 2.82. The molecule has 106 valence electrons. The number of anilines is 1. The summed E-state index contributed by atoms with van der Waals surface area (Å²) < 4.78 is 1.86. The lowest BCUT2D eigenvalue weighted by atomic mass is 10.1. The number of halogens is 1. The minimum Gasteiger partial charge on any atom is -0.298 e. The van der Waals surface area contributed by atoms with E-state index in [0.717, 1.165) is 20.3 Å². The number of carbonyl (C=O) groups excluding carboxylic acids is 1. The van der Waals surface area contributed by atoms with Gasteiger partial charge in [-0.1, -0.05) is 29.0 Å². The summed E-state index contributed by atoms with van der Waals surface area (Å²) in [5, 5.41) is 3.49. The van der Waals surface area contributed by atoms with E-state index in [1.165, 1.54) is 16.9 Å². The molecule has 1 N–H and O–H groups in total. The number of benzene rings is 2. The van der Waals surface area contributed by atoms with E-state index in [1.807, 2.05) is 44.2 Å². The van der Waals surface area contributed by atoms with Gasteiger partial charge in [0.2, 0.25) is 0 Å². The second kappa shape index (κ2) is 5.58. The highest BCUT2D eigenvalue weighted by Gasteiger charge is 2.13. The maximum Gasteiger partial charge on any atom is 0.258 e. The fourth-order valence-corrected chi connectivity index (χ4v) is 3.45. The minimum atomic E-state index is -0.152. The van der Waals surface area contributed by atoms with Gasteiger partial charge in [0, 0.05) is 4.47 Å². The van der Waals surface area contributed by atoms with Crippen molar-refractivity contribution in [2.24, 2.45) is 0 Å². The first-order chi connectivity index (χ1) is 10.0. The van der Waals surface area contributed by atoms with Crippen molar-refractivity contribution in [2.45, 2.75) is 13.8 Å². The van der Waals surface area contributed by atoms with E-state index in [1.54, 1.807) is 0 Å². The summed E-state index contributed by atoms with van der Waals surface area (Å²) in [5.74, 6) is -0.152. The molecule has 0 unspecified atom stereocenters. The fraction of sp³-hybridized carbons (Fsp3) is 0.125. The summed E-state index contributed by atoms with van der Waals surface area (Å²) in [6.07, 6.45) is 0. The lowest BCUT2D eigenvalue weighted by Gasteiger charge is -2.05. The molecule has 3 aromatic rings. The number of hydrogen-bond donors (Lipinski definition) is 1. The zero-order valence-electron chi connectivity index (χ0n) is 11.6. The number of hydrogen-bond acceptors (Lipinski definition) is 3. The Kier molecular flexibility index (Phi) is 3.78. The molecule has 0 bridgehead atoms. The van der Waals surface area contributed by atoms with Crippen molar-refractivity contribution in [3.63, 3.8) is 0 Å². The molecule has 0 fully saturated rings. The number of rotatable bonds is 2. The van der Waals surface area contributed by atoms with Crippen molar-refractivity contribution < 1.29 is 4.79 Å². The van der Waals surface area contributed by atoms with Crippen LogP contribution in [-0.2, 0) is 0 Å². The third-order valence-corrected chi connectivity index (χ3v) is 4.76. The molecule has 0 aliphatic heterocycles. The van der Waals surface area contributed by atoms with Crippen LogP contribution in [0, 0.1) is 13.8 Å². The Bertz CT molecular complexity index is 841. The van der Waals surface area contributed by atoms with Gasteiger partial charge < -0.3 is 0 Å². The highest BCUT2D eigenvalue weighted by atomic mass is 79.9. The third-order valence-electron chi connectivity index (χ3n) is 3.13. The second-order valence-corrected chi connectivity index (χ2v) is 6.81. The van der Waals surface area contributed by atoms with E-state index in [4.69, 9.17) is 0 Å². The zero-order chi connectivity index (χ0) is 15.0. The molecule has 0 spiro atoms. The van der Waals surface area contributed by atoms with Gasteiger partial charge in [-0.3, -0.25) is 10.1 Å². The van der Waals surface area contributed by atoms with Crippen LogP contribution in [0.3, 0.4) is 0 Å². The Morgan fingerprint density at radius 3 is 2.67 bits per heavy atom. The van der Waals surface area contributed by atoms with Crippen LogP contribution in [0.25, 0.3) is 10.2 Å². The lowest BCUT2D eigenvalue weighted by molar-refractivity contribution is 0.102. The van der Waals surface area contributed by atoms with E-state index in [2.05, 4.69) is 32.3 Å². The van der Waals surface area contributed by atoms with Gasteiger partial charge in [-0.25, -0.2) is 4.98 Å². The summed E-state index contributed by atoms with van der Waals surface area (Å²) in [7, 11) is 0. The van der Waals surface area contributed by atoms with E-state index in [0.29, 0.717) is 10.7 Å². The molecule has 21 heavy (non-hydrogen) atoms. The number of fused-ring (bicyclic) bond motifs is 1. The van der Waals surface area contributed by atoms with Gasteiger partial charge in [0.1, 0.15) is 0 Å². The van der Waals surface area contributed by atoms with Crippen LogP contribution in [0.1, 0.15) is 21.5 Å². The maximum absolute atomic E-state index is 12.4. The summed E-state index contributed by atoms with van der Waals surface area (Å²) in [6.45, 7) is 4.00. The Morgan fingerprint density at radius 1 is 1.14 bits per heavy atom. The van der Waals surface area contributed by atoms with Gasteiger partial charge in [0.05, 0.1) is 15.8 Å². The Morgan fingerprint density at radius 2 is 1.86 bits per heavy atom. The van der Waals surface area contributed by atoms with Gasteiger partial charge in [-0.2, -0.15) is 0 Å². The first-order valence-corrected chi connectivity index (χ1v) is 8.08. The largest absolute Gasteiger partial charge is 0.298 e. The summed E-state index contributed by atoms with van der Waals surface area (Å²) >= 11 is 4.90. The molecule has 0 atom stereocenters. The predicted octanol–water partition coefficient (Wildman–Crippen LogP) is 4.93. The van der Waals surface area contributed by atoms with Gasteiger partial charge in [-0.15, -0.1) is 0 Å². The molecule has 0 saturated carbocycles. The Balaban J connectivity index is 1.90. The number of amides is 1. The first kappa shape index (κ1) is 14.2. The van der Waals surface area contributed by atoms with Crippen molar-refractivity contribution in [1.82, 2.24) is 4.98 Å². The summed E-state index contributed by atoms with van der Waals surface area (Å²) in [6, 6.07) is 11.8. The summed E-state index contributed by atoms with van der Waals surface area (Å²) in [5.41, 5.74) is 3.75. The van der Waals surface area contributed by atoms with Gasteiger partial charge in [-0.05, 0) is 59.6 Å². The van der Waals surface area contributed by atoms with E-state index in [-0.39, 0.29) is 5.91 Å². The molecule has 3 nitrogen and oxygen atoms in total. The van der Waals surface area contributed by atoms with E-state index in [9.17, 15) is 4.79 Å². The molecule has 0 saturated heterocycles. The van der Waals surface area contributed by atoms with E-state index >= 15 is 0 Å². The van der Waals surface area contributed by atoms with Crippen LogP contribution in [0.15, 0.2) is 40.9 Å². The molecule has 5 heteroatoms. The number of nitrogens with zero attached hydrogens (tertiary/aromatic N) is 1. The molecule has 0 aliphatic carbocycles. The average molecular weight is 361 g/mol. The van der Waals surface area contributed by atoms with Crippen molar-refractivity contribution >= 4 is 48.5 Å². The Labute approximate surface area is 135 Å². The van der Waals surface area contributed by atoms with Crippen LogP contribution in [0.2, 0.25) is 0 Å². The molecule has 0 aliphatic rings. The van der Waals surface area contributed by atoms with Crippen molar-refractivity contribution in [3.05, 3.63) is 57.6 Å². The zero-order valence-corrected chi connectivity index (χ0v) is 14.0. The monoisotopic (exact) mass is 360 g/mol. The predicted molar refractivity (Wildman–Crippen MR) is 91.2 cm³/mol. The molecular weight excluding hydrogens is 348 g/mol. The van der Waals surface area contributed by atoms with Crippen LogP contribution in [0.4, 0.5) is 5.13 Å². The number of aromatic nitrogens is 1. The Hall–Kier alpha value is -1.72. The number of nitrogens with one attached hydrogen (secondary N) is 1. The SMILES string of the molecule is Cc1ccc(Br)c(C(=O)Nc2nc3ccc(C)cc3s2)c1. The van der Waals surface area contributed by atoms with Crippen molar-refractivity contribution in [1.29, 1.82) is 0 Å². The molecule has 3 rings (SSSR count). The normalized spacial score (nSPS) is 10.8. The number of carbonyl (C=O) groups is 1. The lowest BCUT2D eigenvalue weighted by Crippen LogP contribution is -2.12. The molecule has 1 heterocycles. The second-order valence-electron chi connectivity index (χ2n) is 4.93. The summed E-state index contributed by atoms with van der Waals surface area (Å²) in [4.78, 5) is 16.8. The molecule has 1 amide bonds. The quantitative estimate of drug-likeness (QED) is 0.703. The number of thiazole rings is 1. The highest BCUT2D eigenvalue weighted by Crippen LogP contribution is 2.27. The molecule has 2 aromatic carbocycles. The van der Waals surface area contributed by atoms with Crippen LogP contribution < -0.4 is 5.32 Å². The van der Waals surface area contributed by atoms with Gasteiger partial charge >= 0.3 is 0 Å². The highest BCUT2D eigenvalue weighted by molar-refractivity contribution is 9.10. The standard InChI is InChI=1S/C16H13BrN2OS/c1-9-3-5-12(17)11(7-9)15(20)19-16-18-13-6-4-10(2)8-14(13)21-16/h3-8H,1-2H3,(H,18,19,20). The van der Waals surface area contributed by atoms with Crippen LogP contribution in [-0.4, -0.2) is 10.9 Å². The van der Waals surface area contributed by atoms with E-state index < -0.39 is 0 Å². The number of aryl methyl sites for hydroxylation is 2. The topological polar surface area (TPSA) is 42.0 Å². The molecular formula is C16H13BrN2OS. The van der Waals surface area contributed by atoms with Gasteiger partial charge in [0.25, 0.3) is 5.91 Å². The fourth-order valence-electron chi connectivity index (χ4n) is 2.06. The maximum atomic E-state index is 12.4. The molecule has 0 radical (unpaired) electrons. The van der Waals surface area contributed by atoms with Crippen molar-refractivity contribution in [3.8, 4) is 0 Å². The van der Waals surface area contributed by atoms with Crippen LogP contribution >= 0.6 is 27.3 Å². The smallest absolute Gasteiger partial charge is 0.258 e. The van der Waals surface area contributed by atoms with Crippen molar-refractivity contribution in [2.75, 3.05) is 5.32 Å². The van der Waals surface area contributed by atoms with Crippen LogP contribution in [0.5, 0.6) is 0 Å². The third kappa shape index (κ3) is 2.99. The minimum absolute atomic E-state index is 0.152. The van der Waals surface area contributed by atoms with Gasteiger partial charge in [0.15, 0.2) is 5.13 Å². The first-order valence-electron chi connectivity index (χ1n) is 6.47. The molecule has 1 aromatic heterocycles.